The van der Waals surface area contributed by atoms with Crippen LogP contribution in [-0.2, 0) is 9.59 Å². The van der Waals surface area contributed by atoms with E-state index in [-0.39, 0.29) is 22.1 Å². The number of ketones is 1. The molecule has 2 rings (SSSR count). The summed E-state index contributed by atoms with van der Waals surface area (Å²) < 4.78 is 22.2. The normalized spacial score (nSPS) is 11.7. The zero-order chi connectivity index (χ0) is 24.5. The van der Waals surface area contributed by atoms with E-state index in [0.717, 1.165) is 4.42 Å². The van der Waals surface area contributed by atoms with Gasteiger partial charge in [0.2, 0.25) is 6.04 Å². The lowest BCUT2D eigenvalue weighted by atomic mass is 10.2. The molecule has 1 atom stereocenters. The summed E-state index contributed by atoms with van der Waals surface area (Å²) in [5, 5.41) is 8.01. The van der Waals surface area contributed by atoms with Crippen molar-refractivity contribution in [3.8, 4) is 23.0 Å². The monoisotopic (exact) mass is 497 g/mol. The van der Waals surface area contributed by atoms with Gasteiger partial charge in [0.1, 0.15) is 27.9 Å². The molecule has 0 aliphatic carbocycles. The van der Waals surface area contributed by atoms with Crippen LogP contribution in [0.15, 0.2) is 40.6 Å². The fraction of sp³-hybridized carbons (Fsp3) is 0.364. The van der Waals surface area contributed by atoms with Gasteiger partial charge in [-0.15, -0.1) is 0 Å². The van der Waals surface area contributed by atoms with Crippen LogP contribution in [0.3, 0.4) is 0 Å². The minimum absolute atomic E-state index is 0.112. The van der Waals surface area contributed by atoms with E-state index in [1.165, 1.54) is 27.2 Å². The lowest BCUT2D eigenvalue weighted by Gasteiger charge is -2.20. The average Bonchev–Trinajstić information content (AvgIpc) is 2.80. The minimum Gasteiger partial charge on any atom is -0.494 e. The number of rotatable bonds is 11. The van der Waals surface area contributed by atoms with Crippen molar-refractivity contribution in [2.75, 3.05) is 31.9 Å². The van der Waals surface area contributed by atoms with Gasteiger partial charge in [0.25, 0.3) is 5.91 Å². The van der Waals surface area contributed by atoms with Crippen molar-refractivity contribution in [3.05, 3.63) is 35.4 Å². The summed E-state index contributed by atoms with van der Waals surface area (Å²) >= 11 is 12.6. The maximum atomic E-state index is 13.1. The Kier molecular flexibility index (Phi) is 9.74. The molecule has 0 aliphatic rings. The number of ether oxygens (including phenoxy) is 4. The molecular weight excluding hydrogens is 473 g/mol. The summed E-state index contributed by atoms with van der Waals surface area (Å²) in [6, 6.07) is 6.43. The summed E-state index contributed by atoms with van der Waals surface area (Å²) in [7, 11) is 2.89. The van der Waals surface area contributed by atoms with Crippen molar-refractivity contribution in [3.63, 3.8) is 0 Å². The van der Waals surface area contributed by atoms with E-state index >= 15 is 0 Å². The van der Waals surface area contributed by atoms with Crippen LogP contribution < -0.4 is 23.4 Å². The van der Waals surface area contributed by atoms with E-state index in [1.54, 1.807) is 31.2 Å². The van der Waals surface area contributed by atoms with Gasteiger partial charge in [-0.3, -0.25) is 9.59 Å². The van der Waals surface area contributed by atoms with Crippen molar-refractivity contribution in [2.24, 2.45) is 10.2 Å². The molecule has 2 aromatic carbocycles. The van der Waals surface area contributed by atoms with Gasteiger partial charge in [-0.1, -0.05) is 11.6 Å². The summed E-state index contributed by atoms with van der Waals surface area (Å²) in [5.41, 5.74) is 0.392. The Morgan fingerprint density at radius 1 is 1.03 bits per heavy atom. The number of Topliss-reactive ketones (excluding diaryl/α,β-unsaturated/α-hetero) is 1. The summed E-state index contributed by atoms with van der Waals surface area (Å²) in [6.45, 7) is 5.58. The first kappa shape index (κ1) is 26.2. The Balaban J connectivity index is 2.40. The van der Waals surface area contributed by atoms with E-state index in [2.05, 4.69) is 10.2 Å². The van der Waals surface area contributed by atoms with Crippen LogP contribution in [0.25, 0.3) is 0 Å². The molecule has 2 aromatic rings. The maximum absolute atomic E-state index is 13.1. The van der Waals surface area contributed by atoms with Crippen LogP contribution in [0.1, 0.15) is 20.8 Å². The molecule has 0 radical (unpaired) electrons. The summed E-state index contributed by atoms with van der Waals surface area (Å²) in [4.78, 5) is 25.3. The molecule has 178 valence electrons. The van der Waals surface area contributed by atoms with E-state index < -0.39 is 17.7 Å². The number of methoxy groups -OCH3 is 2. The Morgan fingerprint density at radius 3 is 2.27 bits per heavy atom. The van der Waals surface area contributed by atoms with Crippen LogP contribution in [-0.4, -0.2) is 45.2 Å². The molecule has 1 unspecified atom stereocenters. The third-order valence-electron chi connectivity index (χ3n) is 4.31. The van der Waals surface area contributed by atoms with Gasteiger partial charge in [-0.05, 0) is 45.0 Å². The van der Waals surface area contributed by atoms with Crippen LogP contribution in [0.5, 0.6) is 23.0 Å². The first-order valence-corrected chi connectivity index (χ1v) is 10.7. The van der Waals surface area contributed by atoms with Crippen LogP contribution >= 0.6 is 23.4 Å². The van der Waals surface area contributed by atoms with Crippen molar-refractivity contribution in [1.29, 1.82) is 0 Å². The Labute approximate surface area is 202 Å². The van der Waals surface area contributed by atoms with Gasteiger partial charge in [-0.25, -0.2) is 4.42 Å². The Bertz CT molecular complexity index is 1030. The molecule has 0 N–H and O–H groups in total. The number of amides is 1. The van der Waals surface area contributed by atoms with E-state index in [0.29, 0.717) is 30.5 Å². The van der Waals surface area contributed by atoms with Gasteiger partial charge >= 0.3 is 0 Å². The molecule has 0 aromatic heterocycles. The van der Waals surface area contributed by atoms with E-state index in [9.17, 15) is 9.59 Å². The average molecular weight is 498 g/mol. The zero-order valence-electron chi connectivity index (χ0n) is 18.9. The van der Waals surface area contributed by atoms with Gasteiger partial charge < -0.3 is 18.9 Å². The van der Waals surface area contributed by atoms with Crippen molar-refractivity contribution < 1.29 is 28.5 Å². The number of carbonyl (C=O) groups excluding carboxylic acids is 2. The Morgan fingerprint density at radius 2 is 1.70 bits per heavy atom. The van der Waals surface area contributed by atoms with Gasteiger partial charge in [0.05, 0.1) is 27.4 Å². The molecule has 33 heavy (non-hydrogen) atoms. The number of hydrogen-bond acceptors (Lipinski definition) is 8. The first-order chi connectivity index (χ1) is 15.8. The van der Waals surface area contributed by atoms with Gasteiger partial charge in [-0.2, -0.15) is 10.2 Å². The van der Waals surface area contributed by atoms with E-state index in [1.807, 2.05) is 6.92 Å². The lowest BCUT2D eigenvalue weighted by Crippen LogP contribution is -2.36. The lowest BCUT2D eigenvalue weighted by molar-refractivity contribution is -0.126. The summed E-state index contributed by atoms with van der Waals surface area (Å²) in [5.74, 6) is 0.0719. The molecule has 0 heterocycles. The second-order valence-corrected chi connectivity index (χ2v) is 7.19. The quantitative estimate of drug-likeness (QED) is 0.234. The molecule has 0 saturated heterocycles. The fourth-order valence-electron chi connectivity index (χ4n) is 2.79. The van der Waals surface area contributed by atoms with Crippen LogP contribution in [0.2, 0.25) is 5.02 Å². The Hall–Kier alpha value is -3.04. The highest BCUT2D eigenvalue weighted by Gasteiger charge is 2.31. The third kappa shape index (κ3) is 6.27. The smallest absolute Gasteiger partial charge is 0.276 e. The number of nitrogens with zero attached hydrogens (tertiary/aromatic N) is 3. The molecule has 1 amide bonds. The van der Waals surface area contributed by atoms with Crippen molar-refractivity contribution in [1.82, 2.24) is 0 Å². The third-order valence-corrected chi connectivity index (χ3v) is 5.02. The standard InChI is InChI=1S/C22H25Cl2N3O6/c1-6-32-14-8-10-17(33-7-2)16(12-14)27(24)22(29)20(13(3)28)26-25-15-9-11-18(30-4)21(31-5)19(15)23/h8-12,20H,6-7H2,1-5H3. The predicted molar refractivity (Wildman–Crippen MR) is 126 cm³/mol. The molecule has 11 heteroatoms. The molecule has 0 spiro atoms. The van der Waals surface area contributed by atoms with Crippen LogP contribution in [0, 0.1) is 0 Å². The first-order valence-electron chi connectivity index (χ1n) is 10.00. The molecule has 9 nitrogen and oxygen atoms in total. The fourth-order valence-corrected chi connectivity index (χ4v) is 3.29. The molecular formula is C22H25Cl2N3O6. The zero-order valence-corrected chi connectivity index (χ0v) is 20.4. The SMILES string of the molecule is CCOc1ccc(OCC)c(N(Cl)C(=O)C(N=Nc2ccc(OC)c(OC)c2Cl)C(C)=O)c1. The highest BCUT2D eigenvalue weighted by atomic mass is 35.5. The molecule has 0 saturated carbocycles. The van der Waals surface area contributed by atoms with E-state index in [4.69, 9.17) is 42.3 Å². The second kappa shape index (κ2) is 12.3. The highest BCUT2D eigenvalue weighted by molar-refractivity contribution is 6.39. The predicted octanol–water partition coefficient (Wildman–Crippen LogP) is 5.38. The van der Waals surface area contributed by atoms with Crippen molar-refractivity contribution in [2.45, 2.75) is 26.8 Å². The number of hydrogen-bond donors (Lipinski definition) is 0. The maximum Gasteiger partial charge on any atom is 0.276 e. The molecule has 0 aliphatic heterocycles. The number of azo groups is 1. The molecule has 0 fully saturated rings. The molecule has 0 bridgehead atoms. The topological polar surface area (TPSA) is 99.0 Å². The highest BCUT2D eigenvalue weighted by Crippen LogP contribution is 2.41. The van der Waals surface area contributed by atoms with Crippen LogP contribution in [0.4, 0.5) is 11.4 Å². The number of halogens is 2. The number of benzene rings is 2. The van der Waals surface area contributed by atoms with Crippen molar-refractivity contribution >= 4 is 46.4 Å². The number of carbonyl (C=O) groups is 2. The summed E-state index contributed by atoms with van der Waals surface area (Å²) in [6.07, 6.45) is 0. The van der Waals surface area contributed by atoms with Gasteiger partial charge in [0, 0.05) is 17.8 Å². The minimum atomic E-state index is -1.52. The van der Waals surface area contributed by atoms with Gasteiger partial charge in [0.15, 0.2) is 17.3 Å². The largest absolute Gasteiger partial charge is 0.494 e. The number of anilines is 1. The second-order valence-electron chi connectivity index (χ2n) is 6.48.